The SMILES string of the molecule is O=C(CNC(=O)c1cccc(NC2=NCCCN2)c1)NC(Br)C(O)(C(=O)O)c1cccc(Cl)c1. The number of aliphatic imine (C=N–C) groups is 1. The summed E-state index contributed by atoms with van der Waals surface area (Å²) < 4.78 is 0. The minimum atomic E-state index is -2.50. The van der Waals surface area contributed by atoms with Crippen molar-refractivity contribution < 1.29 is 24.6 Å². The molecule has 34 heavy (non-hydrogen) atoms. The quantitative estimate of drug-likeness (QED) is 0.215. The summed E-state index contributed by atoms with van der Waals surface area (Å²) >= 11 is 8.93. The summed E-state index contributed by atoms with van der Waals surface area (Å²) in [6.45, 7) is 1.08. The van der Waals surface area contributed by atoms with Gasteiger partial charge in [-0.3, -0.25) is 14.6 Å². The van der Waals surface area contributed by atoms with Crippen molar-refractivity contribution in [3.63, 3.8) is 0 Å². The zero-order valence-corrected chi connectivity index (χ0v) is 20.2. The van der Waals surface area contributed by atoms with Gasteiger partial charge >= 0.3 is 5.97 Å². The van der Waals surface area contributed by atoms with Crippen molar-refractivity contribution in [2.45, 2.75) is 17.0 Å². The average molecular weight is 553 g/mol. The first-order valence-electron chi connectivity index (χ1n) is 10.3. The topological polar surface area (TPSA) is 152 Å². The Morgan fingerprint density at radius 1 is 1.21 bits per heavy atom. The van der Waals surface area contributed by atoms with Gasteiger partial charge in [-0.05, 0) is 42.3 Å². The normalized spacial score (nSPS) is 15.7. The molecule has 2 aromatic rings. The van der Waals surface area contributed by atoms with E-state index in [1.54, 1.807) is 24.3 Å². The van der Waals surface area contributed by atoms with Gasteiger partial charge in [0.15, 0.2) is 5.96 Å². The van der Waals surface area contributed by atoms with Crippen LogP contribution in [0.25, 0.3) is 0 Å². The number of carbonyl (C=O) groups is 3. The van der Waals surface area contributed by atoms with E-state index in [2.05, 4.69) is 42.2 Å². The Morgan fingerprint density at radius 3 is 2.65 bits per heavy atom. The Balaban J connectivity index is 1.59. The molecule has 12 heteroatoms. The molecule has 0 spiro atoms. The number of anilines is 1. The van der Waals surface area contributed by atoms with Crippen LogP contribution in [-0.2, 0) is 15.2 Å². The Morgan fingerprint density at radius 2 is 1.97 bits per heavy atom. The number of aliphatic carboxylic acids is 1. The number of carbonyl (C=O) groups excluding carboxylic acids is 2. The highest BCUT2D eigenvalue weighted by molar-refractivity contribution is 9.09. The number of guanidine groups is 1. The van der Waals surface area contributed by atoms with Crippen molar-refractivity contribution in [1.82, 2.24) is 16.0 Å². The van der Waals surface area contributed by atoms with E-state index in [1.807, 2.05) is 0 Å². The lowest BCUT2D eigenvalue weighted by molar-refractivity contribution is -0.160. The maximum atomic E-state index is 12.5. The van der Waals surface area contributed by atoms with Gasteiger partial charge in [0.25, 0.3) is 5.91 Å². The number of hydrogen-bond donors (Lipinski definition) is 6. The number of amides is 2. The molecule has 0 saturated carbocycles. The highest BCUT2D eigenvalue weighted by atomic mass is 79.9. The zero-order chi connectivity index (χ0) is 24.7. The molecule has 10 nitrogen and oxygen atoms in total. The van der Waals surface area contributed by atoms with Crippen LogP contribution in [0, 0.1) is 0 Å². The van der Waals surface area contributed by atoms with Crippen LogP contribution in [0.2, 0.25) is 5.02 Å². The number of hydrogen-bond acceptors (Lipinski definition) is 7. The molecule has 2 unspecified atom stereocenters. The first-order valence-corrected chi connectivity index (χ1v) is 11.6. The molecular weight excluding hydrogens is 530 g/mol. The van der Waals surface area contributed by atoms with Crippen molar-refractivity contribution >= 4 is 57.0 Å². The van der Waals surface area contributed by atoms with Gasteiger partial charge in [-0.2, -0.15) is 0 Å². The molecule has 6 N–H and O–H groups in total. The number of rotatable bonds is 8. The molecule has 2 amide bonds. The minimum absolute atomic E-state index is 0.0277. The Hall–Kier alpha value is -3.15. The molecule has 0 saturated heterocycles. The first-order chi connectivity index (χ1) is 16.2. The van der Waals surface area contributed by atoms with Crippen LogP contribution in [0.5, 0.6) is 0 Å². The van der Waals surface area contributed by atoms with Crippen LogP contribution in [0.1, 0.15) is 22.3 Å². The first kappa shape index (κ1) is 25.5. The number of benzene rings is 2. The van der Waals surface area contributed by atoms with Gasteiger partial charge in [-0.15, -0.1) is 0 Å². The van der Waals surface area contributed by atoms with E-state index in [0.717, 1.165) is 13.0 Å². The number of carboxylic acid groups (broad SMARTS) is 1. The average Bonchev–Trinajstić information content (AvgIpc) is 2.82. The van der Waals surface area contributed by atoms with Gasteiger partial charge in [-0.1, -0.05) is 45.7 Å². The van der Waals surface area contributed by atoms with Crippen molar-refractivity contribution in [1.29, 1.82) is 0 Å². The largest absolute Gasteiger partial charge is 0.479 e. The van der Waals surface area contributed by atoms with Crippen molar-refractivity contribution in [3.8, 4) is 0 Å². The van der Waals surface area contributed by atoms with E-state index in [4.69, 9.17) is 11.6 Å². The summed E-state index contributed by atoms with van der Waals surface area (Å²) in [6, 6.07) is 12.3. The van der Waals surface area contributed by atoms with E-state index in [1.165, 1.54) is 24.3 Å². The van der Waals surface area contributed by atoms with Crippen LogP contribution in [0.4, 0.5) is 5.69 Å². The lowest BCUT2D eigenvalue weighted by atomic mass is 9.93. The molecular formula is C22H23BrClN5O5. The summed E-state index contributed by atoms with van der Waals surface area (Å²) in [5.41, 5.74) is -1.56. The van der Waals surface area contributed by atoms with E-state index < -0.39 is 34.9 Å². The molecule has 2 atom stereocenters. The van der Waals surface area contributed by atoms with Crippen molar-refractivity contribution in [3.05, 3.63) is 64.7 Å². The number of alkyl halides is 1. The van der Waals surface area contributed by atoms with Crippen LogP contribution in [0.15, 0.2) is 53.5 Å². The predicted molar refractivity (Wildman–Crippen MR) is 131 cm³/mol. The lowest BCUT2D eigenvalue weighted by Gasteiger charge is -2.29. The monoisotopic (exact) mass is 551 g/mol. The molecule has 1 heterocycles. The number of halogens is 2. The van der Waals surface area contributed by atoms with Gasteiger partial charge < -0.3 is 31.5 Å². The third-order valence-corrected chi connectivity index (χ3v) is 6.07. The summed E-state index contributed by atoms with van der Waals surface area (Å²) in [6.07, 6.45) is 0.952. The third kappa shape index (κ3) is 6.25. The summed E-state index contributed by atoms with van der Waals surface area (Å²) in [5.74, 6) is -2.20. The standard InChI is InChI=1S/C22H23BrClN5O5/c23-19(22(34,20(32)33)14-5-2-6-15(24)11-14)29-17(30)12-27-18(31)13-4-1-7-16(10-13)28-21-25-8-3-9-26-21/h1-2,4-7,10-11,19,34H,3,8-9,12H2,(H,27,31)(H,29,30)(H,32,33)(H2,25,26,28). The molecule has 2 aromatic carbocycles. The highest BCUT2D eigenvalue weighted by Crippen LogP contribution is 2.30. The molecule has 0 aromatic heterocycles. The summed E-state index contributed by atoms with van der Waals surface area (Å²) in [5, 5.41) is 31.7. The fourth-order valence-corrected chi connectivity index (χ4v) is 4.06. The minimum Gasteiger partial charge on any atom is -0.479 e. The summed E-state index contributed by atoms with van der Waals surface area (Å²) in [7, 11) is 0. The second-order valence-electron chi connectivity index (χ2n) is 7.41. The van der Waals surface area contributed by atoms with Gasteiger partial charge in [0, 0.05) is 29.4 Å². The molecule has 1 aliphatic rings. The number of nitrogens with zero attached hydrogens (tertiary/aromatic N) is 1. The fraction of sp³-hybridized carbons (Fsp3) is 0.273. The Kier molecular flexibility index (Phi) is 8.48. The molecule has 3 rings (SSSR count). The predicted octanol–water partition coefficient (Wildman–Crippen LogP) is 1.64. The Labute approximate surface area is 208 Å². The second kappa shape index (κ2) is 11.3. The molecule has 180 valence electrons. The van der Waals surface area contributed by atoms with E-state index in [0.29, 0.717) is 23.8 Å². The molecule has 0 aliphatic carbocycles. The lowest BCUT2D eigenvalue weighted by Crippen LogP contribution is -2.53. The molecule has 0 bridgehead atoms. The molecule has 0 radical (unpaired) electrons. The number of carboxylic acids is 1. The maximum Gasteiger partial charge on any atom is 0.343 e. The molecule has 0 fully saturated rings. The van der Waals surface area contributed by atoms with Crippen LogP contribution >= 0.6 is 27.5 Å². The second-order valence-corrected chi connectivity index (χ2v) is 8.76. The van der Waals surface area contributed by atoms with Gasteiger partial charge in [0.05, 0.1) is 6.54 Å². The van der Waals surface area contributed by atoms with Gasteiger partial charge in [0.2, 0.25) is 11.5 Å². The zero-order valence-electron chi connectivity index (χ0n) is 17.8. The van der Waals surface area contributed by atoms with E-state index >= 15 is 0 Å². The smallest absolute Gasteiger partial charge is 0.343 e. The Bertz CT molecular complexity index is 1110. The fourth-order valence-electron chi connectivity index (χ4n) is 3.15. The number of nitrogens with one attached hydrogen (secondary N) is 4. The maximum absolute atomic E-state index is 12.5. The van der Waals surface area contributed by atoms with Crippen LogP contribution in [-0.4, -0.2) is 58.5 Å². The summed E-state index contributed by atoms with van der Waals surface area (Å²) in [4.78, 5) is 39.6. The van der Waals surface area contributed by atoms with Crippen LogP contribution < -0.4 is 21.3 Å². The third-order valence-electron chi connectivity index (χ3n) is 4.94. The molecule has 1 aliphatic heterocycles. The number of aliphatic hydroxyl groups is 1. The van der Waals surface area contributed by atoms with Crippen LogP contribution in [0.3, 0.4) is 0 Å². The van der Waals surface area contributed by atoms with Crippen molar-refractivity contribution in [2.75, 3.05) is 25.0 Å². The van der Waals surface area contributed by atoms with E-state index in [9.17, 15) is 24.6 Å². The van der Waals surface area contributed by atoms with Crippen molar-refractivity contribution in [2.24, 2.45) is 4.99 Å². The van der Waals surface area contributed by atoms with Gasteiger partial charge in [-0.25, -0.2) is 4.79 Å². The van der Waals surface area contributed by atoms with E-state index in [-0.39, 0.29) is 10.6 Å². The highest BCUT2D eigenvalue weighted by Gasteiger charge is 2.46. The van der Waals surface area contributed by atoms with Gasteiger partial charge in [0.1, 0.15) is 4.95 Å².